The van der Waals surface area contributed by atoms with Gasteiger partial charge in [-0.25, -0.2) is 22.0 Å². The van der Waals surface area contributed by atoms with Crippen LogP contribution >= 0.6 is 11.8 Å². The van der Waals surface area contributed by atoms with E-state index in [4.69, 9.17) is 5.14 Å². The van der Waals surface area contributed by atoms with Crippen molar-refractivity contribution in [2.75, 3.05) is 18.8 Å². The molecule has 0 saturated carbocycles. The average molecular weight is 416 g/mol. The predicted molar refractivity (Wildman–Crippen MR) is 100 cm³/mol. The molecule has 0 aliphatic rings. The van der Waals surface area contributed by atoms with Gasteiger partial charge in [0.15, 0.2) is 0 Å². The number of nitrogens with zero attached hydrogens (tertiary/aromatic N) is 1. The Morgan fingerprint density at radius 3 is 1.88 bits per heavy atom. The molecule has 0 fully saturated rings. The van der Waals surface area contributed by atoms with Crippen molar-refractivity contribution in [3.8, 4) is 0 Å². The van der Waals surface area contributed by atoms with Gasteiger partial charge in [-0.15, -0.1) is 0 Å². The summed E-state index contributed by atoms with van der Waals surface area (Å²) in [5, 5.41) is 4.84. The van der Waals surface area contributed by atoms with E-state index in [-0.39, 0.29) is 15.0 Å². The van der Waals surface area contributed by atoms with Crippen LogP contribution in [0.5, 0.6) is 0 Å². The largest absolute Gasteiger partial charge is 0.339 e. The Morgan fingerprint density at radius 1 is 0.923 bits per heavy atom. The molecule has 0 radical (unpaired) electrons. The predicted octanol–water partition coefficient (Wildman–Crippen LogP) is 1.91. The highest BCUT2D eigenvalue weighted by Crippen LogP contribution is 2.24. The van der Waals surface area contributed by atoms with Crippen LogP contribution in [0, 0.1) is 0 Å². The van der Waals surface area contributed by atoms with Crippen LogP contribution in [0.15, 0.2) is 63.2 Å². The number of amides is 1. The van der Waals surface area contributed by atoms with Crippen LogP contribution in [0.3, 0.4) is 0 Å². The maximum Gasteiger partial charge on any atom is 0.285 e. The van der Waals surface area contributed by atoms with Crippen molar-refractivity contribution in [1.82, 2.24) is 4.90 Å². The zero-order valence-corrected chi connectivity index (χ0v) is 16.4. The van der Waals surface area contributed by atoms with Crippen molar-refractivity contribution in [2.24, 2.45) is 5.14 Å². The summed E-state index contributed by atoms with van der Waals surface area (Å²) in [6.07, 6.45) is 0. The number of primary sulfonamides is 1. The lowest BCUT2D eigenvalue weighted by atomic mass is 10.3. The van der Waals surface area contributed by atoms with Gasteiger partial charge in [-0.3, -0.25) is 9.52 Å². The standard InChI is InChI=1S/C15H17N3O5S3/c1-18(2)15(19)24-12-5-3-11(4-6-12)17-26(22,23)14-9-7-13(8-10-14)25(16,20)21/h3-10,17H,1-2H3,(H2,16,20,21). The number of sulfonamides is 2. The molecule has 2 aromatic carbocycles. The topological polar surface area (TPSA) is 127 Å². The number of benzene rings is 2. The highest BCUT2D eigenvalue weighted by atomic mass is 32.2. The fraction of sp³-hybridized carbons (Fsp3) is 0.133. The summed E-state index contributed by atoms with van der Waals surface area (Å²) < 4.78 is 49.5. The van der Waals surface area contributed by atoms with Gasteiger partial charge in [-0.2, -0.15) is 0 Å². The summed E-state index contributed by atoms with van der Waals surface area (Å²) in [4.78, 5) is 13.5. The third-order valence-electron chi connectivity index (χ3n) is 3.14. The first-order valence-corrected chi connectivity index (χ1v) is 11.0. The number of thioether (sulfide) groups is 1. The van der Waals surface area contributed by atoms with Gasteiger partial charge < -0.3 is 4.90 Å². The molecule has 0 aliphatic carbocycles. The molecule has 0 saturated heterocycles. The SMILES string of the molecule is CN(C)C(=O)Sc1ccc(NS(=O)(=O)c2ccc(S(N)(=O)=O)cc2)cc1. The molecule has 0 unspecified atom stereocenters. The van der Waals surface area contributed by atoms with E-state index in [0.717, 1.165) is 36.0 Å². The Hall–Kier alpha value is -2.08. The minimum absolute atomic E-state index is 0.105. The molecular formula is C15H17N3O5S3. The van der Waals surface area contributed by atoms with E-state index in [1.54, 1.807) is 26.2 Å². The molecule has 11 heteroatoms. The van der Waals surface area contributed by atoms with Crippen molar-refractivity contribution in [1.29, 1.82) is 0 Å². The Bertz CT molecular complexity index is 999. The maximum atomic E-state index is 12.4. The van der Waals surface area contributed by atoms with Gasteiger partial charge in [0.1, 0.15) is 0 Å². The third kappa shape index (κ3) is 5.21. The van der Waals surface area contributed by atoms with Gasteiger partial charge >= 0.3 is 0 Å². The van der Waals surface area contributed by atoms with Gasteiger partial charge in [-0.1, -0.05) is 0 Å². The first kappa shape index (κ1) is 20.2. The van der Waals surface area contributed by atoms with Gasteiger partial charge in [0.05, 0.1) is 9.79 Å². The van der Waals surface area contributed by atoms with Gasteiger partial charge in [-0.05, 0) is 60.3 Å². The van der Waals surface area contributed by atoms with Crippen molar-refractivity contribution in [3.05, 3.63) is 48.5 Å². The van der Waals surface area contributed by atoms with Crippen molar-refractivity contribution in [2.45, 2.75) is 14.7 Å². The lowest BCUT2D eigenvalue weighted by Crippen LogP contribution is -2.16. The molecule has 0 atom stereocenters. The summed E-state index contributed by atoms with van der Waals surface area (Å²) in [5.41, 5.74) is 0.308. The zero-order chi connectivity index (χ0) is 19.5. The smallest absolute Gasteiger partial charge is 0.285 e. The normalized spacial score (nSPS) is 11.8. The number of rotatable bonds is 5. The molecule has 0 spiro atoms. The van der Waals surface area contributed by atoms with E-state index in [1.807, 2.05) is 0 Å². The summed E-state index contributed by atoms with van der Waals surface area (Å²) in [6.45, 7) is 0. The average Bonchev–Trinajstić information content (AvgIpc) is 2.55. The fourth-order valence-electron chi connectivity index (χ4n) is 1.81. The minimum Gasteiger partial charge on any atom is -0.339 e. The molecular weight excluding hydrogens is 398 g/mol. The van der Waals surface area contributed by atoms with E-state index in [0.29, 0.717) is 10.6 Å². The van der Waals surface area contributed by atoms with Gasteiger partial charge in [0, 0.05) is 24.7 Å². The molecule has 0 heterocycles. The minimum atomic E-state index is -3.89. The Balaban J connectivity index is 2.15. The Morgan fingerprint density at radius 2 is 1.42 bits per heavy atom. The van der Waals surface area contributed by atoms with Crippen LogP contribution in [0.4, 0.5) is 10.5 Å². The van der Waals surface area contributed by atoms with Crippen LogP contribution < -0.4 is 9.86 Å². The molecule has 3 N–H and O–H groups in total. The van der Waals surface area contributed by atoms with Gasteiger partial charge in [0.2, 0.25) is 10.0 Å². The molecule has 140 valence electrons. The van der Waals surface area contributed by atoms with Crippen LogP contribution in [-0.2, 0) is 20.0 Å². The molecule has 2 rings (SSSR count). The second-order valence-corrected chi connectivity index (χ2v) is 9.68. The first-order valence-electron chi connectivity index (χ1n) is 7.14. The van der Waals surface area contributed by atoms with E-state index in [9.17, 15) is 21.6 Å². The summed E-state index contributed by atoms with van der Waals surface area (Å²) in [7, 11) is -4.51. The summed E-state index contributed by atoms with van der Waals surface area (Å²) in [6, 6.07) is 10.8. The number of anilines is 1. The van der Waals surface area contributed by atoms with E-state index < -0.39 is 20.0 Å². The van der Waals surface area contributed by atoms with Crippen molar-refractivity contribution >= 4 is 42.7 Å². The number of carbonyl (C=O) groups excluding carboxylic acids is 1. The Kier molecular flexibility index (Phi) is 5.96. The monoisotopic (exact) mass is 415 g/mol. The van der Waals surface area contributed by atoms with E-state index in [2.05, 4.69) is 4.72 Å². The Labute approximate surface area is 156 Å². The van der Waals surface area contributed by atoms with Crippen LogP contribution in [0.25, 0.3) is 0 Å². The number of hydrogen-bond acceptors (Lipinski definition) is 6. The number of hydrogen-bond donors (Lipinski definition) is 2. The highest BCUT2D eigenvalue weighted by Gasteiger charge is 2.16. The van der Waals surface area contributed by atoms with Crippen molar-refractivity contribution < 1.29 is 21.6 Å². The number of carbonyl (C=O) groups is 1. The lowest BCUT2D eigenvalue weighted by molar-refractivity contribution is 0.241. The van der Waals surface area contributed by atoms with E-state index >= 15 is 0 Å². The fourth-order valence-corrected chi connectivity index (χ4v) is 4.04. The maximum absolute atomic E-state index is 12.4. The van der Waals surface area contributed by atoms with Crippen LogP contribution in [-0.4, -0.2) is 41.1 Å². The van der Waals surface area contributed by atoms with Crippen molar-refractivity contribution in [3.63, 3.8) is 0 Å². The lowest BCUT2D eigenvalue weighted by Gasteiger charge is -2.11. The summed E-state index contributed by atoms with van der Waals surface area (Å²) >= 11 is 1.02. The number of nitrogens with one attached hydrogen (secondary N) is 1. The quantitative estimate of drug-likeness (QED) is 0.718. The van der Waals surface area contributed by atoms with E-state index in [1.165, 1.54) is 17.0 Å². The second-order valence-electron chi connectivity index (χ2n) is 5.41. The molecule has 8 nitrogen and oxygen atoms in total. The molecule has 0 aliphatic heterocycles. The molecule has 2 aromatic rings. The molecule has 1 amide bonds. The molecule has 0 aromatic heterocycles. The second kappa shape index (κ2) is 7.66. The molecule has 0 bridgehead atoms. The van der Waals surface area contributed by atoms with Gasteiger partial charge in [0.25, 0.3) is 15.3 Å². The van der Waals surface area contributed by atoms with Crippen LogP contribution in [0.2, 0.25) is 0 Å². The molecule has 26 heavy (non-hydrogen) atoms. The first-order chi connectivity index (χ1) is 12.0. The van der Waals surface area contributed by atoms with Crippen LogP contribution in [0.1, 0.15) is 0 Å². The highest BCUT2D eigenvalue weighted by molar-refractivity contribution is 8.13. The third-order valence-corrected chi connectivity index (χ3v) is 6.51. The summed E-state index contributed by atoms with van der Waals surface area (Å²) in [5.74, 6) is 0. The number of nitrogens with two attached hydrogens (primary N) is 1. The zero-order valence-electron chi connectivity index (χ0n) is 13.9.